The molecule has 0 bridgehead atoms. The van der Waals surface area contributed by atoms with Crippen molar-refractivity contribution < 1.29 is 14.0 Å². The highest BCUT2D eigenvalue weighted by atomic mass is 32.2. The van der Waals surface area contributed by atoms with Crippen LogP contribution < -0.4 is 5.32 Å². The van der Waals surface area contributed by atoms with E-state index in [1.165, 1.54) is 23.9 Å². The Hall–Kier alpha value is -1.36. The van der Waals surface area contributed by atoms with Crippen LogP contribution in [0.4, 0.5) is 4.39 Å². The van der Waals surface area contributed by atoms with Gasteiger partial charge in [0.2, 0.25) is 11.0 Å². The summed E-state index contributed by atoms with van der Waals surface area (Å²) in [6, 6.07) is 5.42. The van der Waals surface area contributed by atoms with E-state index < -0.39 is 0 Å². The van der Waals surface area contributed by atoms with Crippen LogP contribution in [-0.2, 0) is 16.0 Å². The molecule has 90 valence electrons. The largest absolute Gasteiger partial charge is 0.345 e. The van der Waals surface area contributed by atoms with Crippen molar-refractivity contribution in [3.63, 3.8) is 0 Å². The monoisotopic (exact) mass is 253 g/mol. The summed E-state index contributed by atoms with van der Waals surface area (Å²) in [5.41, 5.74) is 0.738. The van der Waals surface area contributed by atoms with Crippen LogP contribution in [0.5, 0.6) is 0 Å². The van der Waals surface area contributed by atoms with Gasteiger partial charge in [0.05, 0.1) is 12.5 Å². The van der Waals surface area contributed by atoms with Crippen molar-refractivity contribution in [1.29, 1.82) is 0 Å². The van der Waals surface area contributed by atoms with E-state index in [0.29, 0.717) is 6.42 Å². The van der Waals surface area contributed by atoms with Crippen LogP contribution in [0.3, 0.4) is 0 Å². The lowest BCUT2D eigenvalue weighted by Gasteiger charge is -2.09. The predicted octanol–water partition coefficient (Wildman–Crippen LogP) is 1.52. The number of rotatable bonds is 3. The molecule has 1 heterocycles. The molecular formula is C12H12FNO2S. The van der Waals surface area contributed by atoms with Gasteiger partial charge in [-0.05, 0) is 24.1 Å². The van der Waals surface area contributed by atoms with E-state index in [4.69, 9.17) is 0 Å². The highest BCUT2D eigenvalue weighted by Crippen LogP contribution is 2.19. The minimum Gasteiger partial charge on any atom is -0.345 e. The number of amides is 1. The molecular weight excluding hydrogens is 241 g/mol. The maximum Gasteiger partial charge on any atom is 0.225 e. The zero-order valence-electron chi connectivity index (χ0n) is 9.11. The molecule has 1 N–H and O–H groups in total. The van der Waals surface area contributed by atoms with Gasteiger partial charge in [0, 0.05) is 5.75 Å². The normalized spacial score (nSPS) is 19.4. The van der Waals surface area contributed by atoms with Gasteiger partial charge in [-0.25, -0.2) is 4.39 Å². The first-order valence-electron chi connectivity index (χ1n) is 5.35. The fourth-order valence-corrected chi connectivity index (χ4v) is 2.59. The molecule has 1 aromatic carbocycles. The molecule has 1 atom stereocenters. The molecule has 1 aromatic rings. The lowest BCUT2D eigenvalue weighted by atomic mass is 10.1. The molecule has 5 heteroatoms. The summed E-state index contributed by atoms with van der Waals surface area (Å²) < 4.78 is 12.7. The van der Waals surface area contributed by atoms with Gasteiger partial charge in [0.1, 0.15) is 5.82 Å². The summed E-state index contributed by atoms with van der Waals surface area (Å²) >= 11 is 1.25. The quantitative estimate of drug-likeness (QED) is 0.888. The Kier molecular flexibility index (Phi) is 3.78. The van der Waals surface area contributed by atoms with Crippen molar-refractivity contribution in [2.24, 2.45) is 0 Å². The number of carbonyl (C=O) groups excluding carboxylic acids is 2. The topological polar surface area (TPSA) is 46.2 Å². The van der Waals surface area contributed by atoms with E-state index in [1.807, 2.05) is 0 Å². The summed E-state index contributed by atoms with van der Waals surface area (Å²) in [6.45, 7) is 0. The predicted molar refractivity (Wildman–Crippen MR) is 64.1 cm³/mol. The smallest absolute Gasteiger partial charge is 0.225 e. The summed E-state index contributed by atoms with van der Waals surface area (Å²) in [5, 5.41) is 2.71. The van der Waals surface area contributed by atoms with E-state index in [9.17, 15) is 14.0 Å². The van der Waals surface area contributed by atoms with Crippen molar-refractivity contribution >= 4 is 22.8 Å². The van der Waals surface area contributed by atoms with Crippen molar-refractivity contribution in [3.05, 3.63) is 35.6 Å². The summed E-state index contributed by atoms with van der Waals surface area (Å²) in [6.07, 6.45) is 0.868. The Labute approximate surface area is 103 Å². The fourth-order valence-electron chi connectivity index (χ4n) is 1.66. The Balaban J connectivity index is 1.88. The van der Waals surface area contributed by atoms with E-state index in [2.05, 4.69) is 5.32 Å². The van der Waals surface area contributed by atoms with Crippen LogP contribution in [-0.4, -0.2) is 22.8 Å². The van der Waals surface area contributed by atoms with Crippen molar-refractivity contribution in [1.82, 2.24) is 5.32 Å². The zero-order chi connectivity index (χ0) is 12.3. The van der Waals surface area contributed by atoms with Crippen molar-refractivity contribution in [2.45, 2.75) is 18.9 Å². The second-order valence-electron chi connectivity index (χ2n) is 3.88. The minimum atomic E-state index is -0.354. The first-order valence-corrected chi connectivity index (χ1v) is 6.34. The number of benzene rings is 1. The molecule has 0 aromatic heterocycles. The Bertz CT molecular complexity index is 433. The third kappa shape index (κ3) is 3.30. The zero-order valence-corrected chi connectivity index (χ0v) is 9.93. The molecule has 1 fully saturated rings. The van der Waals surface area contributed by atoms with Gasteiger partial charge in [0.15, 0.2) is 0 Å². The van der Waals surface area contributed by atoms with Gasteiger partial charge in [-0.15, -0.1) is 0 Å². The molecule has 1 saturated heterocycles. The van der Waals surface area contributed by atoms with Gasteiger partial charge in [-0.2, -0.15) is 0 Å². The second kappa shape index (κ2) is 5.31. The van der Waals surface area contributed by atoms with Crippen LogP contribution in [0.15, 0.2) is 24.3 Å². The summed E-state index contributed by atoms with van der Waals surface area (Å²) in [4.78, 5) is 22.9. The highest BCUT2D eigenvalue weighted by Gasteiger charge is 2.26. The maximum absolute atomic E-state index is 12.7. The molecule has 0 unspecified atom stereocenters. The third-order valence-electron chi connectivity index (χ3n) is 2.55. The Morgan fingerprint density at radius 1 is 1.41 bits per heavy atom. The average molecular weight is 253 g/mol. The first kappa shape index (κ1) is 12.1. The first-order chi connectivity index (χ1) is 8.15. The number of carbonyl (C=O) groups is 2. The fraction of sp³-hybridized carbons (Fsp3) is 0.333. The minimum absolute atomic E-state index is 0.0254. The standard InChI is InChI=1S/C12H12FNO2S/c13-9-3-1-8(2-4-9)7-11(15)14-10-5-6-17-12(10)16/h1-4,10H,5-7H2,(H,14,15)/t10-/m1/s1. The molecule has 17 heavy (non-hydrogen) atoms. The number of hydrogen-bond donors (Lipinski definition) is 1. The number of thioether (sulfide) groups is 1. The van der Waals surface area contributed by atoms with Crippen LogP contribution in [0.2, 0.25) is 0 Å². The van der Waals surface area contributed by atoms with Crippen LogP contribution in [0.25, 0.3) is 0 Å². The molecule has 3 nitrogen and oxygen atoms in total. The van der Waals surface area contributed by atoms with Crippen LogP contribution in [0.1, 0.15) is 12.0 Å². The van der Waals surface area contributed by atoms with Gasteiger partial charge in [-0.1, -0.05) is 23.9 Å². The van der Waals surface area contributed by atoms with E-state index in [0.717, 1.165) is 11.3 Å². The van der Waals surface area contributed by atoms with Gasteiger partial charge >= 0.3 is 0 Å². The summed E-state index contributed by atoms with van der Waals surface area (Å²) in [7, 11) is 0. The molecule has 1 aliphatic heterocycles. The van der Waals surface area contributed by atoms with E-state index >= 15 is 0 Å². The lowest BCUT2D eigenvalue weighted by Crippen LogP contribution is -2.38. The SMILES string of the molecule is O=C(Cc1ccc(F)cc1)N[C@@H]1CCSC1=O. The number of halogens is 1. The lowest BCUT2D eigenvalue weighted by molar-refractivity contribution is -0.124. The number of hydrogen-bond acceptors (Lipinski definition) is 3. The number of nitrogens with one attached hydrogen (secondary N) is 1. The summed E-state index contributed by atoms with van der Waals surface area (Å²) in [5.74, 6) is 0.245. The Morgan fingerprint density at radius 3 is 2.71 bits per heavy atom. The third-order valence-corrected chi connectivity index (χ3v) is 3.56. The second-order valence-corrected chi connectivity index (χ2v) is 4.98. The average Bonchev–Trinajstić information content (AvgIpc) is 2.68. The molecule has 0 saturated carbocycles. The van der Waals surface area contributed by atoms with E-state index in [-0.39, 0.29) is 29.3 Å². The van der Waals surface area contributed by atoms with Crippen molar-refractivity contribution in [2.75, 3.05) is 5.75 Å². The van der Waals surface area contributed by atoms with Crippen LogP contribution in [0, 0.1) is 5.82 Å². The van der Waals surface area contributed by atoms with Gasteiger partial charge in [-0.3, -0.25) is 9.59 Å². The molecule has 0 radical (unpaired) electrons. The molecule has 0 spiro atoms. The van der Waals surface area contributed by atoms with Crippen molar-refractivity contribution in [3.8, 4) is 0 Å². The maximum atomic E-state index is 12.7. The van der Waals surface area contributed by atoms with Gasteiger partial charge in [0.25, 0.3) is 0 Å². The molecule has 1 aliphatic rings. The van der Waals surface area contributed by atoms with Crippen LogP contribution >= 0.6 is 11.8 Å². The highest BCUT2D eigenvalue weighted by molar-refractivity contribution is 8.14. The Morgan fingerprint density at radius 2 is 2.12 bits per heavy atom. The molecule has 1 amide bonds. The molecule has 0 aliphatic carbocycles. The van der Waals surface area contributed by atoms with Gasteiger partial charge < -0.3 is 5.32 Å². The van der Waals surface area contributed by atoms with E-state index in [1.54, 1.807) is 12.1 Å². The molecule has 2 rings (SSSR count).